The fourth-order valence-corrected chi connectivity index (χ4v) is 1.55. The number of alkyl halides is 2. The van der Waals surface area contributed by atoms with Gasteiger partial charge in [-0.05, 0) is 28.1 Å². The summed E-state index contributed by atoms with van der Waals surface area (Å²) in [7, 11) is 0. The highest BCUT2D eigenvalue weighted by Crippen LogP contribution is 2.28. The topological polar surface area (TPSA) is 59.1 Å². The van der Waals surface area contributed by atoms with E-state index in [9.17, 15) is 13.2 Å². The number of ether oxygens (including phenoxy) is 1. The van der Waals surface area contributed by atoms with Crippen LogP contribution in [0.25, 0.3) is 0 Å². The van der Waals surface area contributed by atoms with Crippen LogP contribution in [0.15, 0.2) is 16.6 Å². The Kier molecular flexibility index (Phi) is 4.17. The van der Waals surface area contributed by atoms with Crippen molar-refractivity contribution in [3.8, 4) is 5.75 Å². The molecule has 0 aliphatic heterocycles. The summed E-state index contributed by atoms with van der Waals surface area (Å²) in [4.78, 5) is 0. The highest BCUT2D eigenvalue weighted by Gasteiger charge is 2.15. The normalized spacial score (nSPS) is 10.6. The summed E-state index contributed by atoms with van der Waals surface area (Å²) >= 11 is 2.88. The summed E-state index contributed by atoms with van der Waals surface area (Å²) < 4.78 is 41.7. The number of nitrogens with one attached hydrogen (secondary N) is 1. The molecule has 0 unspecified atom stereocenters. The predicted molar refractivity (Wildman–Crippen MR) is 56.6 cm³/mol. The zero-order valence-corrected chi connectivity index (χ0v) is 9.52. The Morgan fingerprint density at radius 1 is 1.50 bits per heavy atom. The van der Waals surface area contributed by atoms with Gasteiger partial charge in [-0.25, -0.2) is 13.2 Å². The lowest BCUT2D eigenvalue weighted by atomic mass is 10.2. The first-order valence-corrected chi connectivity index (χ1v) is 4.96. The summed E-state index contributed by atoms with van der Waals surface area (Å²) in [6, 6.07) is 2.47. The predicted octanol–water partition coefficient (Wildman–Crippen LogP) is 2.52. The van der Waals surface area contributed by atoms with Crippen LogP contribution in [0.5, 0.6) is 5.75 Å². The van der Waals surface area contributed by atoms with Crippen molar-refractivity contribution in [3.05, 3.63) is 28.0 Å². The van der Waals surface area contributed by atoms with Gasteiger partial charge in [0.15, 0.2) is 11.6 Å². The maximum atomic E-state index is 13.5. The average Bonchev–Trinajstić information content (AvgIpc) is 2.19. The zero-order chi connectivity index (χ0) is 12.3. The molecule has 0 aliphatic carbocycles. The molecule has 7 heteroatoms. The molecule has 1 aromatic rings. The van der Waals surface area contributed by atoms with Crippen LogP contribution in [0.3, 0.4) is 0 Å². The van der Waals surface area contributed by atoms with Gasteiger partial charge < -0.3 is 10.5 Å². The van der Waals surface area contributed by atoms with Crippen LogP contribution in [0, 0.1) is 11.2 Å². The summed E-state index contributed by atoms with van der Waals surface area (Å²) in [6.07, 6.45) is -2.68. The average molecular weight is 297 g/mol. The first-order valence-electron chi connectivity index (χ1n) is 4.16. The highest BCUT2D eigenvalue weighted by molar-refractivity contribution is 9.10. The number of hydrogen-bond acceptors (Lipinski definition) is 2. The van der Waals surface area contributed by atoms with Crippen molar-refractivity contribution in [2.75, 3.05) is 6.61 Å². The minimum absolute atomic E-state index is 0.0771. The fourth-order valence-electron chi connectivity index (χ4n) is 1.00. The molecule has 3 N–H and O–H groups in total. The van der Waals surface area contributed by atoms with E-state index in [0.29, 0.717) is 0 Å². The number of nitrogen functional groups attached to an aromatic ring is 1. The lowest BCUT2D eigenvalue weighted by Crippen LogP contribution is -2.13. The van der Waals surface area contributed by atoms with Gasteiger partial charge in [0.2, 0.25) is 0 Å². The van der Waals surface area contributed by atoms with Crippen molar-refractivity contribution in [2.45, 2.75) is 6.43 Å². The van der Waals surface area contributed by atoms with E-state index in [1.165, 1.54) is 6.07 Å². The van der Waals surface area contributed by atoms with E-state index in [0.717, 1.165) is 6.07 Å². The van der Waals surface area contributed by atoms with E-state index >= 15 is 0 Å². The number of rotatable bonds is 4. The SMILES string of the molecule is N=C(N)c1ccc(OCC(F)F)c(F)c1Br. The third-order valence-electron chi connectivity index (χ3n) is 1.70. The van der Waals surface area contributed by atoms with Gasteiger partial charge in [0.25, 0.3) is 6.43 Å². The first-order chi connectivity index (χ1) is 7.43. The van der Waals surface area contributed by atoms with Crippen molar-refractivity contribution < 1.29 is 17.9 Å². The Balaban J connectivity index is 2.98. The lowest BCUT2D eigenvalue weighted by Gasteiger charge is -2.09. The quantitative estimate of drug-likeness (QED) is 0.662. The smallest absolute Gasteiger partial charge is 0.272 e. The molecule has 0 heterocycles. The minimum atomic E-state index is -2.68. The van der Waals surface area contributed by atoms with Crippen LogP contribution in [-0.4, -0.2) is 18.9 Å². The van der Waals surface area contributed by atoms with Gasteiger partial charge in [-0.1, -0.05) is 0 Å². The second kappa shape index (κ2) is 5.20. The van der Waals surface area contributed by atoms with Crippen LogP contribution in [-0.2, 0) is 0 Å². The van der Waals surface area contributed by atoms with E-state index in [-0.39, 0.29) is 21.6 Å². The third kappa shape index (κ3) is 2.88. The number of benzene rings is 1. The molecule has 0 bridgehead atoms. The monoisotopic (exact) mass is 296 g/mol. The van der Waals surface area contributed by atoms with Gasteiger partial charge in [0, 0.05) is 5.56 Å². The third-order valence-corrected chi connectivity index (χ3v) is 2.48. The number of nitrogens with two attached hydrogens (primary N) is 1. The van der Waals surface area contributed by atoms with Crippen LogP contribution in [0.4, 0.5) is 13.2 Å². The molecule has 88 valence electrons. The molecule has 3 nitrogen and oxygen atoms in total. The Labute approximate surface area is 98.0 Å². The molecule has 16 heavy (non-hydrogen) atoms. The Morgan fingerprint density at radius 2 is 2.12 bits per heavy atom. The molecular formula is C9H8BrF3N2O. The molecule has 0 radical (unpaired) electrons. The van der Waals surface area contributed by atoms with Gasteiger partial charge in [-0.2, -0.15) is 0 Å². The first kappa shape index (κ1) is 12.8. The Bertz CT molecular complexity index is 412. The highest BCUT2D eigenvalue weighted by atomic mass is 79.9. The fraction of sp³-hybridized carbons (Fsp3) is 0.222. The molecule has 1 rings (SSSR count). The van der Waals surface area contributed by atoms with Crippen molar-refractivity contribution in [3.63, 3.8) is 0 Å². The zero-order valence-electron chi connectivity index (χ0n) is 7.94. The largest absolute Gasteiger partial charge is 0.485 e. The maximum Gasteiger partial charge on any atom is 0.272 e. The standard InChI is InChI=1S/C9H8BrF3N2O/c10-7-4(9(14)15)1-2-5(8(7)13)16-3-6(11)12/h1-2,6H,3H2,(H3,14,15). The van der Waals surface area contributed by atoms with Gasteiger partial charge in [0.05, 0.1) is 4.47 Å². The van der Waals surface area contributed by atoms with Crippen LogP contribution in [0.2, 0.25) is 0 Å². The van der Waals surface area contributed by atoms with Gasteiger partial charge in [-0.3, -0.25) is 5.41 Å². The van der Waals surface area contributed by atoms with E-state index in [4.69, 9.17) is 11.1 Å². The van der Waals surface area contributed by atoms with E-state index in [1.807, 2.05) is 0 Å². The molecule has 0 aliphatic rings. The van der Waals surface area contributed by atoms with Crippen molar-refractivity contribution >= 4 is 21.8 Å². The molecule has 0 atom stereocenters. The molecule has 1 aromatic carbocycles. The van der Waals surface area contributed by atoms with Crippen molar-refractivity contribution in [1.29, 1.82) is 5.41 Å². The van der Waals surface area contributed by atoms with E-state index < -0.39 is 18.8 Å². The lowest BCUT2D eigenvalue weighted by molar-refractivity contribution is 0.0798. The van der Waals surface area contributed by atoms with E-state index in [1.54, 1.807) is 0 Å². The summed E-state index contributed by atoms with van der Waals surface area (Å²) in [5.41, 5.74) is 5.32. The van der Waals surface area contributed by atoms with Gasteiger partial charge >= 0.3 is 0 Å². The summed E-state index contributed by atoms with van der Waals surface area (Å²) in [6.45, 7) is -0.886. The van der Waals surface area contributed by atoms with Crippen molar-refractivity contribution in [1.82, 2.24) is 0 Å². The molecule has 0 spiro atoms. The number of amidine groups is 1. The molecule has 0 saturated heterocycles. The van der Waals surface area contributed by atoms with Crippen molar-refractivity contribution in [2.24, 2.45) is 5.73 Å². The summed E-state index contributed by atoms with van der Waals surface area (Å²) in [5, 5.41) is 7.13. The van der Waals surface area contributed by atoms with Crippen LogP contribution >= 0.6 is 15.9 Å². The maximum absolute atomic E-state index is 13.5. The van der Waals surface area contributed by atoms with Crippen LogP contribution < -0.4 is 10.5 Å². The van der Waals surface area contributed by atoms with Gasteiger partial charge in [0.1, 0.15) is 12.4 Å². The molecule has 0 fully saturated rings. The van der Waals surface area contributed by atoms with Crippen LogP contribution in [0.1, 0.15) is 5.56 Å². The number of hydrogen-bond donors (Lipinski definition) is 2. The Hall–Kier alpha value is -1.24. The molecule has 0 amide bonds. The molecular weight excluding hydrogens is 289 g/mol. The Morgan fingerprint density at radius 3 is 2.62 bits per heavy atom. The molecule has 0 saturated carbocycles. The van der Waals surface area contributed by atoms with E-state index in [2.05, 4.69) is 20.7 Å². The molecule has 0 aromatic heterocycles. The second-order valence-electron chi connectivity index (χ2n) is 2.85. The van der Waals surface area contributed by atoms with Gasteiger partial charge in [-0.15, -0.1) is 0 Å². The minimum Gasteiger partial charge on any atom is -0.485 e. The second-order valence-corrected chi connectivity index (χ2v) is 3.65. The number of halogens is 4. The summed E-state index contributed by atoms with van der Waals surface area (Å²) in [5.74, 6) is -1.49.